The molecule has 0 aliphatic rings. The molecule has 0 aliphatic carbocycles. The van der Waals surface area contributed by atoms with E-state index in [9.17, 15) is 27.7 Å². The molecule has 5 N–H and O–H groups in total. The first-order valence-corrected chi connectivity index (χ1v) is 15.8. The lowest BCUT2D eigenvalue weighted by atomic mass is 9.84. The van der Waals surface area contributed by atoms with Crippen LogP contribution in [0.1, 0.15) is 36.1 Å². The fourth-order valence-corrected chi connectivity index (χ4v) is 7.23. The molecule has 4 aromatic rings. The molecule has 0 aromatic heterocycles. The first-order valence-electron chi connectivity index (χ1n) is 13.6. The Labute approximate surface area is 256 Å². The number of aliphatic carboxylic acids is 1. The van der Waals surface area contributed by atoms with E-state index in [2.05, 4.69) is 5.32 Å². The zero-order valence-corrected chi connectivity index (χ0v) is 25.4. The maximum atomic E-state index is 13.6. The highest BCUT2D eigenvalue weighted by atomic mass is 32.2. The van der Waals surface area contributed by atoms with Gasteiger partial charge >= 0.3 is 5.97 Å². The number of carboxylic acids is 1. The van der Waals surface area contributed by atoms with Gasteiger partial charge in [0.05, 0.1) is 15.7 Å². The largest absolute Gasteiger partial charge is 0.480 e. The predicted molar refractivity (Wildman–Crippen MR) is 168 cm³/mol. The Hall–Kier alpha value is -3.96. The van der Waals surface area contributed by atoms with Gasteiger partial charge in [-0.15, -0.1) is 11.8 Å². The second-order valence-corrected chi connectivity index (χ2v) is 14.0. The molecule has 4 rings (SSSR count). The Morgan fingerprint density at radius 3 is 1.58 bits per heavy atom. The number of carbonyl (C=O) groups is 2. The van der Waals surface area contributed by atoms with E-state index in [0.717, 1.165) is 16.7 Å². The summed E-state index contributed by atoms with van der Waals surface area (Å²) in [5.74, 6) is -1.90. The number of nitrogens with one attached hydrogen (secondary N) is 1. The molecule has 4 aromatic carbocycles. The third-order valence-electron chi connectivity index (χ3n) is 7.26. The van der Waals surface area contributed by atoms with E-state index in [4.69, 9.17) is 5.73 Å². The van der Waals surface area contributed by atoms with Gasteiger partial charge in [-0.05, 0) is 48.2 Å². The first-order chi connectivity index (χ1) is 20.3. The van der Waals surface area contributed by atoms with Gasteiger partial charge in [0.2, 0.25) is 5.91 Å². The van der Waals surface area contributed by atoms with Gasteiger partial charge in [-0.25, -0.2) is 4.79 Å². The normalized spacial score (nSPS) is 13.6. The van der Waals surface area contributed by atoms with Crippen molar-refractivity contribution in [3.63, 3.8) is 0 Å². The maximum absolute atomic E-state index is 13.6. The van der Waals surface area contributed by atoms with E-state index in [1.807, 2.05) is 105 Å². The summed E-state index contributed by atoms with van der Waals surface area (Å²) in [7, 11) is -4.39. The highest BCUT2D eigenvalue weighted by Gasteiger charge is 2.46. The van der Waals surface area contributed by atoms with Gasteiger partial charge in [0.15, 0.2) is 0 Å². The first kappa shape index (κ1) is 32.0. The molecule has 0 heterocycles. The lowest BCUT2D eigenvalue weighted by Crippen LogP contribution is -2.57. The minimum Gasteiger partial charge on any atom is -0.480 e. The summed E-state index contributed by atoms with van der Waals surface area (Å²) >= 11 is 1.52. The molecule has 0 spiro atoms. The van der Waals surface area contributed by atoms with Crippen LogP contribution in [-0.4, -0.2) is 46.8 Å². The molecule has 0 radical (unpaired) electrons. The topological polar surface area (TPSA) is 147 Å². The number of thioether (sulfide) groups is 1. The number of nitrogens with two attached hydrogens (primary N) is 1. The van der Waals surface area contributed by atoms with Gasteiger partial charge in [-0.1, -0.05) is 103 Å². The Kier molecular flexibility index (Phi) is 9.76. The van der Waals surface area contributed by atoms with Crippen molar-refractivity contribution in [1.29, 1.82) is 0 Å². The molecule has 0 aliphatic heterocycles. The lowest BCUT2D eigenvalue weighted by Gasteiger charge is -2.43. The molecule has 0 bridgehead atoms. The number of hydrogen-bond donors (Lipinski definition) is 4. The van der Waals surface area contributed by atoms with E-state index in [-0.39, 0.29) is 11.3 Å². The number of carboxylic acid groups (broad SMARTS) is 1. The molecular weight excluding hydrogens is 585 g/mol. The van der Waals surface area contributed by atoms with Crippen molar-refractivity contribution in [1.82, 2.24) is 5.32 Å². The van der Waals surface area contributed by atoms with Crippen LogP contribution >= 0.6 is 11.8 Å². The van der Waals surface area contributed by atoms with Gasteiger partial charge < -0.3 is 16.2 Å². The summed E-state index contributed by atoms with van der Waals surface area (Å²) in [6.07, 6.45) is -0.116. The molecule has 1 amide bonds. The average Bonchev–Trinajstić information content (AvgIpc) is 3.00. The molecule has 0 saturated carbocycles. The van der Waals surface area contributed by atoms with Crippen molar-refractivity contribution in [3.8, 4) is 0 Å². The Bertz CT molecular complexity index is 1550. The van der Waals surface area contributed by atoms with Gasteiger partial charge in [0.25, 0.3) is 10.1 Å². The zero-order chi connectivity index (χ0) is 31.3. The molecule has 0 saturated heterocycles. The summed E-state index contributed by atoms with van der Waals surface area (Å²) in [5.41, 5.74) is 10.1. The Balaban J connectivity index is 1.66. The molecule has 0 fully saturated rings. The van der Waals surface area contributed by atoms with Gasteiger partial charge in [0, 0.05) is 11.2 Å². The van der Waals surface area contributed by atoms with E-state index in [0.29, 0.717) is 5.56 Å². The van der Waals surface area contributed by atoms with Crippen molar-refractivity contribution >= 4 is 33.8 Å². The van der Waals surface area contributed by atoms with Gasteiger partial charge in [-0.3, -0.25) is 9.35 Å². The standard InChI is InChI=1S/C33H34N2O6S2/c1-32(2,29(34)30(36)35-28(31(37)38)22-23-18-20-27(21-19-23)43(39,40)41)42-33(24-12-6-3-7-13-24,25-14-8-4-9-15-25)26-16-10-5-11-17-26/h3-21,28-29H,22,34H2,1-2H3,(H,35,36)(H,37,38)(H,39,40,41)/t28-,29+/m0/s1. The smallest absolute Gasteiger partial charge is 0.326 e. The highest BCUT2D eigenvalue weighted by Crippen LogP contribution is 2.53. The maximum Gasteiger partial charge on any atom is 0.326 e. The number of hydrogen-bond acceptors (Lipinski definition) is 6. The summed E-state index contributed by atoms with van der Waals surface area (Å²) in [6, 6.07) is 32.6. The van der Waals surface area contributed by atoms with E-state index in [1.165, 1.54) is 36.0 Å². The molecule has 224 valence electrons. The third-order valence-corrected chi connectivity index (χ3v) is 9.93. The lowest BCUT2D eigenvalue weighted by molar-refractivity contribution is -0.142. The van der Waals surface area contributed by atoms with Crippen LogP contribution in [0, 0.1) is 0 Å². The van der Waals surface area contributed by atoms with Crippen LogP contribution in [0.4, 0.5) is 0 Å². The average molecular weight is 619 g/mol. The molecule has 2 atom stereocenters. The van der Waals surface area contributed by atoms with Crippen molar-refractivity contribution in [2.45, 2.75) is 46.7 Å². The molecular formula is C33H34N2O6S2. The number of rotatable bonds is 12. The van der Waals surface area contributed by atoms with Crippen LogP contribution in [0.2, 0.25) is 0 Å². The zero-order valence-electron chi connectivity index (χ0n) is 23.8. The van der Waals surface area contributed by atoms with Crippen LogP contribution in [0.5, 0.6) is 0 Å². The monoisotopic (exact) mass is 618 g/mol. The van der Waals surface area contributed by atoms with Crippen molar-refractivity contribution in [2.75, 3.05) is 0 Å². The quantitative estimate of drug-likeness (QED) is 0.130. The van der Waals surface area contributed by atoms with Crippen molar-refractivity contribution < 1.29 is 27.7 Å². The molecule has 10 heteroatoms. The molecule has 8 nitrogen and oxygen atoms in total. The fourth-order valence-electron chi connectivity index (χ4n) is 4.96. The van der Waals surface area contributed by atoms with Crippen LogP contribution < -0.4 is 11.1 Å². The summed E-state index contributed by atoms with van der Waals surface area (Å²) in [4.78, 5) is 25.4. The third kappa shape index (κ3) is 7.34. The minimum atomic E-state index is -4.39. The Morgan fingerprint density at radius 2 is 1.21 bits per heavy atom. The van der Waals surface area contributed by atoms with Crippen LogP contribution in [0.25, 0.3) is 0 Å². The summed E-state index contributed by atoms with van der Waals surface area (Å²) in [6.45, 7) is 3.74. The second kappa shape index (κ2) is 13.1. The minimum absolute atomic E-state index is 0.116. The van der Waals surface area contributed by atoms with Crippen molar-refractivity contribution in [2.24, 2.45) is 5.73 Å². The second-order valence-electron chi connectivity index (χ2n) is 10.7. The SMILES string of the molecule is CC(C)(SC(c1ccccc1)(c1ccccc1)c1ccccc1)[C@H](N)C(=O)N[C@@H](Cc1ccc(S(=O)(=O)O)cc1)C(=O)O. The molecule has 0 unspecified atom stereocenters. The molecule has 43 heavy (non-hydrogen) atoms. The summed E-state index contributed by atoms with van der Waals surface area (Å²) in [5, 5.41) is 12.5. The number of benzene rings is 4. The van der Waals surface area contributed by atoms with Gasteiger partial charge in [0.1, 0.15) is 6.04 Å². The van der Waals surface area contributed by atoms with Crippen molar-refractivity contribution in [3.05, 3.63) is 138 Å². The van der Waals surface area contributed by atoms with Gasteiger partial charge in [-0.2, -0.15) is 8.42 Å². The Morgan fingerprint density at radius 1 is 0.791 bits per heavy atom. The highest BCUT2D eigenvalue weighted by molar-refractivity contribution is 8.02. The van der Waals surface area contributed by atoms with E-state index < -0.39 is 43.6 Å². The summed E-state index contributed by atoms with van der Waals surface area (Å²) < 4.78 is 30.2. The van der Waals surface area contributed by atoms with Crippen LogP contribution in [-0.2, 0) is 30.9 Å². The predicted octanol–water partition coefficient (Wildman–Crippen LogP) is 4.88. The number of carbonyl (C=O) groups excluding carboxylic acids is 1. The number of amides is 1. The van der Waals surface area contributed by atoms with E-state index >= 15 is 0 Å². The fraction of sp³-hybridized carbons (Fsp3) is 0.212. The van der Waals surface area contributed by atoms with Crippen LogP contribution in [0.15, 0.2) is 120 Å². The van der Waals surface area contributed by atoms with Crippen LogP contribution in [0.3, 0.4) is 0 Å². The van der Waals surface area contributed by atoms with E-state index in [1.54, 1.807) is 0 Å².